The number of carbonyl (C=O) groups is 1. The van der Waals surface area contributed by atoms with Gasteiger partial charge < -0.3 is 15.0 Å². The van der Waals surface area contributed by atoms with E-state index in [1.165, 1.54) is 0 Å². The summed E-state index contributed by atoms with van der Waals surface area (Å²) in [5, 5.41) is 17.5. The SMILES string of the molecule is C[Si](C)[C@@H](C=O)C[C@H](O)CO. The number of hydrogen-bond donors (Lipinski definition) is 2. The van der Waals surface area contributed by atoms with E-state index in [1.54, 1.807) is 0 Å². The first-order valence-corrected chi connectivity index (χ1v) is 6.23. The highest BCUT2D eigenvalue weighted by molar-refractivity contribution is 6.60. The van der Waals surface area contributed by atoms with Gasteiger partial charge in [0.2, 0.25) is 0 Å². The van der Waals surface area contributed by atoms with E-state index in [9.17, 15) is 4.79 Å². The van der Waals surface area contributed by atoms with Gasteiger partial charge in [-0.2, -0.15) is 0 Å². The highest BCUT2D eigenvalue weighted by Gasteiger charge is 2.17. The summed E-state index contributed by atoms with van der Waals surface area (Å²) in [7, 11) is -0.668. The van der Waals surface area contributed by atoms with Gasteiger partial charge in [0.15, 0.2) is 0 Å². The molecular formula is C7H15O3Si. The summed E-state index contributed by atoms with van der Waals surface area (Å²) in [4.78, 5) is 10.4. The molecule has 0 spiro atoms. The van der Waals surface area contributed by atoms with Crippen LogP contribution in [0.1, 0.15) is 6.42 Å². The van der Waals surface area contributed by atoms with E-state index in [1.807, 2.05) is 13.1 Å². The Bertz CT molecular complexity index is 116. The molecule has 0 heterocycles. The van der Waals surface area contributed by atoms with Crippen LogP contribution in [0.5, 0.6) is 0 Å². The van der Waals surface area contributed by atoms with Gasteiger partial charge in [0.1, 0.15) is 6.29 Å². The van der Waals surface area contributed by atoms with E-state index in [4.69, 9.17) is 10.2 Å². The summed E-state index contributed by atoms with van der Waals surface area (Å²) in [5.74, 6) is 0. The Morgan fingerprint density at radius 2 is 2.09 bits per heavy atom. The van der Waals surface area contributed by atoms with Crippen LogP contribution in [-0.2, 0) is 4.79 Å². The van der Waals surface area contributed by atoms with Crippen LogP contribution in [0.4, 0.5) is 0 Å². The Morgan fingerprint density at radius 3 is 2.36 bits per heavy atom. The Morgan fingerprint density at radius 1 is 1.55 bits per heavy atom. The Labute approximate surface area is 68.7 Å². The molecule has 2 atom stereocenters. The summed E-state index contributed by atoms with van der Waals surface area (Å²) in [6.07, 6.45) is 0.555. The molecule has 0 fully saturated rings. The maximum atomic E-state index is 10.4. The first kappa shape index (κ1) is 10.8. The lowest BCUT2D eigenvalue weighted by Crippen LogP contribution is -2.22. The molecule has 0 aromatic rings. The van der Waals surface area contributed by atoms with Crippen molar-refractivity contribution in [1.29, 1.82) is 0 Å². The molecule has 0 bridgehead atoms. The topological polar surface area (TPSA) is 57.5 Å². The second kappa shape index (κ2) is 5.46. The Balaban J connectivity index is 3.77. The van der Waals surface area contributed by atoms with Crippen molar-refractivity contribution in [1.82, 2.24) is 0 Å². The predicted octanol–water partition coefficient (Wildman–Crippen LogP) is 0.0532. The van der Waals surface area contributed by atoms with Gasteiger partial charge in [0.05, 0.1) is 21.5 Å². The molecule has 0 rings (SSSR count). The lowest BCUT2D eigenvalue weighted by molar-refractivity contribution is -0.108. The fraction of sp³-hybridized carbons (Fsp3) is 0.857. The third-order valence-electron chi connectivity index (χ3n) is 1.64. The van der Waals surface area contributed by atoms with Crippen LogP contribution in [0.3, 0.4) is 0 Å². The van der Waals surface area contributed by atoms with Gasteiger partial charge in [-0.25, -0.2) is 0 Å². The third kappa shape index (κ3) is 4.29. The van der Waals surface area contributed by atoms with Gasteiger partial charge in [-0.1, -0.05) is 13.1 Å². The van der Waals surface area contributed by atoms with Crippen LogP contribution < -0.4 is 0 Å². The van der Waals surface area contributed by atoms with Gasteiger partial charge >= 0.3 is 0 Å². The van der Waals surface area contributed by atoms with Crippen molar-refractivity contribution in [2.24, 2.45) is 0 Å². The minimum absolute atomic E-state index is 0.0397. The van der Waals surface area contributed by atoms with Crippen molar-refractivity contribution in [2.75, 3.05) is 6.61 Å². The third-order valence-corrected chi connectivity index (χ3v) is 3.50. The number of aliphatic hydroxyl groups is 2. The molecule has 4 heteroatoms. The second-order valence-corrected chi connectivity index (χ2v) is 5.79. The fourth-order valence-electron chi connectivity index (χ4n) is 0.795. The van der Waals surface area contributed by atoms with Crippen LogP contribution in [0.25, 0.3) is 0 Å². The monoisotopic (exact) mass is 175 g/mol. The van der Waals surface area contributed by atoms with E-state index in [0.717, 1.165) is 6.29 Å². The standard InChI is InChI=1S/C7H15O3Si/c1-11(2)7(5-9)3-6(10)4-8/h5-8,10H,3-4H2,1-2H3/t6-,7+/m0/s1. The lowest BCUT2D eigenvalue weighted by Gasteiger charge is -2.15. The average Bonchev–Trinajstić information content (AvgIpc) is 1.99. The van der Waals surface area contributed by atoms with Gasteiger partial charge in [-0.3, -0.25) is 0 Å². The minimum atomic E-state index is -0.731. The molecule has 0 aromatic carbocycles. The number of carbonyl (C=O) groups excluding carboxylic acids is 1. The van der Waals surface area contributed by atoms with Crippen LogP contribution in [0, 0.1) is 0 Å². The number of hydrogen-bond acceptors (Lipinski definition) is 3. The molecule has 11 heavy (non-hydrogen) atoms. The van der Waals surface area contributed by atoms with Crippen molar-refractivity contribution in [3.05, 3.63) is 0 Å². The molecule has 0 saturated carbocycles. The van der Waals surface area contributed by atoms with Gasteiger partial charge in [0.25, 0.3) is 0 Å². The molecule has 3 nitrogen and oxygen atoms in total. The van der Waals surface area contributed by atoms with Gasteiger partial charge in [-0.05, 0) is 6.42 Å². The normalized spacial score (nSPS) is 16.5. The molecule has 0 aromatic heterocycles. The summed E-state index contributed by atoms with van der Waals surface area (Å²) in [6, 6.07) is 0. The number of aliphatic hydroxyl groups excluding tert-OH is 2. The van der Waals surface area contributed by atoms with Gasteiger partial charge in [-0.15, -0.1) is 0 Å². The molecule has 0 aliphatic rings. The van der Waals surface area contributed by atoms with E-state index in [-0.39, 0.29) is 12.1 Å². The van der Waals surface area contributed by atoms with Crippen LogP contribution in [0.15, 0.2) is 0 Å². The maximum Gasteiger partial charge on any atom is 0.120 e. The van der Waals surface area contributed by atoms with Crippen LogP contribution >= 0.6 is 0 Å². The molecule has 2 N–H and O–H groups in total. The number of rotatable bonds is 5. The quantitative estimate of drug-likeness (QED) is 0.458. The minimum Gasteiger partial charge on any atom is -0.394 e. The molecule has 0 aliphatic carbocycles. The molecule has 1 radical (unpaired) electrons. The Hall–Kier alpha value is -0.193. The lowest BCUT2D eigenvalue weighted by atomic mass is 10.2. The first-order chi connectivity index (χ1) is 5.11. The maximum absolute atomic E-state index is 10.4. The molecule has 65 valence electrons. The van der Waals surface area contributed by atoms with E-state index < -0.39 is 14.9 Å². The molecule has 0 saturated heterocycles. The molecule has 0 aliphatic heterocycles. The number of aldehydes is 1. The van der Waals surface area contributed by atoms with Crippen molar-refractivity contribution in [3.63, 3.8) is 0 Å². The van der Waals surface area contributed by atoms with E-state index in [0.29, 0.717) is 6.42 Å². The molecular weight excluding hydrogens is 160 g/mol. The zero-order valence-corrected chi connectivity index (χ0v) is 7.95. The van der Waals surface area contributed by atoms with E-state index >= 15 is 0 Å². The molecule has 0 amide bonds. The predicted molar refractivity (Wildman–Crippen MR) is 45.0 cm³/mol. The highest BCUT2D eigenvalue weighted by atomic mass is 28.3. The smallest absolute Gasteiger partial charge is 0.120 e. The zero-order valence-electron chi connectivity index (χ0n) is 6.95. The average molecular weight is 175 g/mol. The van der Waals surface area contributed by atoms with Crippen molar-refractivity contribution >= 4 is 15.1 Å². The summed E-state index contributed by atoms with van der Waals surface area (Å²) in [6.45, 7) is 3.79. The van der Waals surface area contributed by atoms with Crippen LogP contribution in [-0.4, -0.2) is 38.0 Å². The summed E-state index contributed by atoms with van der Waals surface area (Å²) < 4.78 is 0. The van der Waals surface area contributed by atoms with Crippen LogP contribution in [0.2, 0.25) is 18.6 Å². The largest absolute Gasteiger partial charge is 0.394 e. The zero-order chi connectivity index (χ0) is 8.85. The van der Waals surface area contributed by atoms with Gasteiger partial charge in [0, 0.05) is 5.54 Å². The Kier molecular flexibility index (Phi) is 5.36. The van der Waals surface area contributed by atoms with E-state index in [2.05, 4.69) is 0 Å². The van der Waals surface area contributed by atoms with Crippen molar-refractivity contribution < 1.29 is 15.0 Å². The highest BCUT2D eigenvalue weighted by Crippen LogP contribution is 2.14. The summed E-state index contributed by atoms with van der Waals surface area (Å²) in [5.41, 5.74) is -0.0397. The second-order valence-electron chi connectivity index (χ2n) is 2.89. The summed E-state index contributed by atoms with van der Waals surface area (Å²) >= 11 is 0. The first-order valence-electron chi connectivity index (χ1n) is 3.66. The fourth-order valence-corrected chi connectivity index (χ4v) is 1.81. The van der Waals surface area contributed by atoms with Crippen molar-refractivity contribution in [3.8, 4) is 0 Å². The van der Waals surface area contributed by atoms with Crippen molar-refractivity contribution in [2.45, 2.75) is 31.2 Å². The molecule has 0 unspecified atom stereocenters.